The number of esters is 1. The lowest BCUT2D eigenvalue weighted by molar-refractivity contribution is 0.0601. The third kappa shape index (κ3) is 2.23. The van der Waals surface area contributed by atoms with Gasteiger partial charge >= 0.3 is 5.97 Å². The summed E-state index contributed by atoms with van der Waals surface area (Å²) in [4.78, 5) is 11.2. The van der Waals surface area contributed by atoms with E-state index in [9.17, 15) is 4.79 Å². The molecule has 0 spiro atoms. The van der Waals surface area contributed by atoms with Gasteiger partial charge in [-0.1, -0.05) is 27.5 Å². The standard InChI is InChI=1S/C9H8BrClO2/c1-5-3-6(9(12)13-2)8(11)4-7(5)10/h3-4H,1-2H3. The van der Waals surface area contributed by atoms with E-state index in [0.29, 0.717) is 10.6 Å². The molecule has 0 bridgehead atoms. The van der Waals surface area contributed by atoms with E-state index < -0.39 is 5.97 Å². The van der Waals surface area contributed by atoms with Gasteiger partial charge in [-0.3, -0.25) is 0 Å². The first-order chi connectivity index (χ1) is 6.06. The Bertz CT molecular complexity index is 350. The maximum atomic E-state index is 11.2. The lowest BCUT2D eigenvalue weighted by atomic mass is 10.1. The van der Waals surface area contributed by atoms with Gasteiger partial charge in [-0.15, -0.1) is 0 Å². The zero-order valence-corrected chi connectivity index (χ0v) is 9.57. The van der Waals surface area contributed by atoms with Crippen molar-refractivity contribution in [2.75, 3.05) is 7.11 Å². The van der Waals surface area contributed by atoms with Gasteiger partial charge in [0.05, 0.1) is 17.7 Å². The molecular weight excluding hydrogens is 255 g/mol. The first kappa shape index (κ1) is 10.5. The maximum Gasteiger partial charge on any atom is 0.339 e. The van der Waals surface area contributed by atoms with Crippen LogP contribution in [0.15, 0.2) is 16.6 Å². The van der Waals surface area contributed by atoms with Crippen molar-refractivity contribution in [3.05, 3.63) is 32.8 Å². The summed E-state index contributed by atoms with van der Waals surface area (Å²) in [7, 11) is 1.33. The number of hydrogen-bond donors (Lipinski definition) is 0. The molecule has 0 aromatic heterocycles. The number of ether oxygens (including phenoxy) is 1. The lowest BCUT2D eigenvalue weighted by Gasteiger charge is -2.04. The van der Waals surface area contributed by atoms with E-state index in [4.69, 9.17) is 11.6 Å². The fraction of sp³-hybridized carbons (Fsp3) is 0.222. The minimum absolute atomic E-state index is 0.393. The van der Waals surface area contributed by atoms with Crippen molar-refractivity contribution in [2.45, 2.75) is 6.92 Å². The Hall–Kier alpha value is -0.540. The van der Waals surface area contributed by atoms with Gasteiger partial charge in [-0.2, -0.15) is 0 Å². The summed E-state index contributed by atoms with van der Waals surface area (Å²) in [5.74, 6) is -0.416. The highest BCUT2D eigenvalue weighted by molar-refractivity contribution is 9.10. The van der Waals surface area contributed by atoms with Gasteiger partial charge in [0.1, 0.15) is 0 Å². The fourth-order valence-electron chi connectivity index (χ4n) is 0.924. The molecule has 1 aromatic rings. The molecule has 0 aliphatic rings. The molecule has 13 heavy (non-hydrogen) atoms. The smallest absolute Gasteiger partial charge is 0.339 e. The average Bonchev–Trinajstić information content (AvgIpc) is 2.10. The average molecular weight is 264 g/mol. The van der Waals surface area contributed by atoms with E-state index in [2.05, 4.69) is 20.7 Å². The van der Waals surface area contributed by atoms with E-state index in [0.717, 1.165) is 10.0 Å². The summed E-state index contributed by atoms with van der Waals surface area (Å²) in [6.45, 7) is 1.88. The summed E-state index contributed by atoms with van der Waals surface area (Å²) in [5.41, 5.74) is 1.34. The molecular formula is C9H8BrClO2. The highest BCUT2D eigenvalue weighted by Crippen LogP contribution is 2.25. The van der Waals surface area contributed by atoms with Crippen LogP contribution < -0.4 is 0 Å². The molecule has 1 aromatic carbocycles. The van der Waals surface area contributed by atoms with Crippen molar-refractivity contribution in [3.8, 4) is 0 Å². The summed E-state index contributed by atoms with van der Waals surface area (Å²) in [6, 6.07) is 3.38. The summed E-state index contributed by atoms with van der Waals surface area (Å²) < 4.78 is 5.45. The highest BCUT2D eigenvalue weighted by atomic mass is 79.9. The van der Waals surface area contributed by atoms with Crippen LogP contribution in [0.1, 0.15) is 15.9 Å². The van der Waals surface area contributed by atoms with Gasteiger partial charge in [-0.25, -0.2) is 4.79 Å². The van der Waals surface area contributed by atoms with Gasteiger partial charge in [0.2, 0.25) is 0 Å². The van der Waals surface area contributed by atoms with Gasteiger partial charge in [0.15, 0.2) is 0 Å². The molecule has 0 radical (unpaired) electrons. The normalized spacial score (nSPS) is 9.85. The summed E-state index contributed by atoms with van der Waals surface area (Å²) >= 11 is 9.16. The Kier molecular flexibility index (Phi) is 3.33. The van der Waals surface area contributed by atoms with Crippen LogP contribution in [0.25, 0.3) is 0 Å². The van der Waals surface area contributed by atoms with E-state index in [1.54, 1.807) is 12.1 Å². The van der Waals surface area contributed by atoms with E-state index >= 15 is 0 Å². The van der Waals surface area contributed by atoms with Crippen LogP contribution in [-0.4, -0.2) is 13.1 Å². The second kappa shape index (κ2) is 4.11. The van der Waals surface area contributed by atoms with Crippen LogP contribution in [0.5, 0.6) is 0 Å². The molecule has 0 heterocycles. The van der Waals surface area contributed by atoms with Crippen molar-refractivity contribution < 1.29 is 9.53 Å². The second-order valence-electron chi connectivity index (χ2n) is 2.57. The zero-order chi connectivity index (χ0) is 10.0. The first-order valence-corrected chi connectivity index (χ1v) is 4.77. The third-order valence-electron chi connectivity index (χ3n) is 1.65. The minimum Gasteiger partial charge on any atom is -0.465 e. The lowest BCUT2D eigenvalue weighted by Crippen LogP contribution is -2.02. The van der Waals surface area contributed by atoms with Crippen LogP contribution in [0.3, 0.4) is 0 Å². The minimum atomic E-state index is -0.416. The van der Waals surface area contributed by atoms with Crippen LogP contribution in [-0.2, 0) is 4.74 Å². The highest BCUT2D eigenvalue weighted by Gasteiger charge is 2.11. The van der Waals surface area contributed by atoms with Crippen molar-refractivity contribution in [1.82, 2.24) is 0 Å². The second-order valence-corrected chi connectivity index (χ2v) is 3.83. The topological polar surface area (TPSA) is 26.3 Å². The molecule has 0 saturated heterocycles. The number of carbonyl (C=O) groups excluding carboxylic acids is 1. The van der Waals surface area contributed by atoms with Gasteiger partial charge < -0.3 is 4.74 Å². The number of hydrogen-bond acceptors (Lipinski definition) is 2. The fourth-order valence-corrected chi connectivity index (χ4v) is 1.64. The number of aryl methyl sites for hydroxylation is 1. The predicted molar refractivity (Wildman–Crippen MR) is 55.2 cm³/mol. The number of methoxy groups -OCH3 is 1. The van der Waals surface area contributed by atoms with Crippen LogP contribution in [0.2, 0.25) is 5.02 Å². The van der Waals surface area contributed by atoms with Crippen LogP contribution >= 0.6 is 27.5 Å². The molecule has 70 valence electrons. The number of carbonyl (C=O) groups is 1. The summed E-state index contributed by atoms with van der Waals surface area (Å²) in [6.07, 6.45) is 0. The van der Waals surface area contributed by atoms with Crippen molar-refractivity contribution >= 4 is 33.5 Å². The molecule has 0 saturated carbocycles. The van der Waals surface area contributed by atoms with Crippen molar-refractivity contribution in [1.29, 1.82) is 0 Å². The van der Waals surface area contributed by atoms with E-state index in [1.807, 2.05) is 6.92 Å². The monoisotopic (exact) mass is 262 g/mol. The Morgan fingerprint density at radius 3 is 2.69 bits per heavy atom. The predicted octanol–water partition coefficient (Wildman–Crippen LogP) is 3.20. The van der Waals surface area contributed by atoms with Gasteiger partial charge in [0.25, 0.3) is 0 Å². The van der Waals surface area contributed by atoms with Gasteiger partial charge in [0, 0.05) is 4.47 Å². The molecule has 0 aliphatic carbocycles. The van der Waals surface area contributed by atoms with E-state index in [-0.39, 0.29) is 0 Å². The van der Waals surface area contributed by atoms with Crippen molar-refractivity contribution in [3.63, 3.8) is 0 Å². The molecule has 0 atom stereocenters. The maximum absolute atomic E-state index is 11.2. The Labute approximate surface area is 90.0 Å². The first-order valence-electron chi connectivity index (χ1n) is 3.60. The quantitative estimate of drug-likeness (QED) is 0.727. The molecule has 2 nitrogen and oxygen atoms in total. The molecule has 0 N–H and O–H groups in total. The molecule has 0 aliphatic heterocycles. The SMILES string of the molecule is COC(=O)c1cc(C)c(Br)cc1Cl. The molecule has 4 heteroatoms. The molecule has 0 fully saturated rings. The molecule has 1 rings (SSSR count). The number of benzene rings is 1. The Morgan fingerprint density at radius 1 is 1.54 bits per heavy atom. The number of halogens is 2. The van der Waals surface area contributed by atoms with E-state index in [1.165, 1.54) is 7.11 Å². The van der Waals surface area contributed by atoms with Crippen molar-refractivity contribution in [2.24, 2.45) is 0 Å². The number of rotatable bonds is 1. The Balaban J connectivity index is 3.23. The Morgan fingerprint density at radius 2 is 2.15 bits per heavy atom. The van der Waals surface area contributed by atoms with Gasteiger partial charge in [-0.05, 0) is 24.6 Å². The largest absolute Gasteiger partial charge is 0.465 e. The third-order valence-corrected chi connectivity index (χ3v) is 2.82. The molecule has 0 unspecified atom stereocenters. The summed E-state index contributed by atoms with van der Waals surface area (Å²) in [5, 5.41) is 0.393. The van der Waals surface area contributed by atoms with Crippen LogP contribution in [0.4, 0.5) is 0 Å². The molecule has 0 amide bonds. The zero-order valence-electron chi connectivity index (χ0n) is 7.23. The van der Waals surface area contributed by atoms with Crippen LogP contribution in [0, 0.1) is 6.92 Å².